The standard InChI is InChI=1S/C17H22BrN3O2S/c1-10-5-6-12(21(10)16(22)23-17(2,3)4)15-19-9-11(20-15)13-7-8-14(18)24-13/h7-10,12H,5-6H2,1-4H3,(H,19,20). The molecule has 24 heavy (non-hydrogen) atoms. The highest BCUT2D eigenvalue weighted by atomic mass is 79.9. The monoisotopic (exact) mass is 411 g/mol. The van der Waals surface area contributed by atoms with Gasteiger partial charge in [-0.3, -0.25) is 4.90 Å². The van der Waals surface area contributed by atoms with E-state index in [0.29, 0.717) is 0 Å². The second kappa shape index (κ2) is 6.52. The number of aromatic amines is 1. The fraction of sp³-hybridized carbons (Fsp3) is 0.529. The number of carbonyl (C=O) groups excluding carboxylic acids is 1. The molecule has 1 amide bonds. The summed E-state index contributed by atoms with van der Waals surface area (Å²) in [4.78, 5) is 23.4. The van der Waals surface area contributed by atoms with Crippen LogP contribution in [0.4, 0.5) is 4.79 Å². The Balaban J connectivity index is 1.82. The number of aromatic nitrogens is 2. The Labute approximate surface area is 154 Å². The summed E-state index contributed by atoms with van der Waals surface area (Å²) >= 11 is 5.13. The highest BCUT2D eigenvalue weighted by Crippen LogP contribution is 2.37. The average molecular weight is 412 g/mol. The van der Waals surface area contributed by atoms with E-state index in [1.54, 1.807) is 11.3 Å². The van der Waals surface area contributed by atoms with E-state index < -0.39 is 5.60 Å². The molecule has 2 unspecified atom stereocenters. The molecule has 0 aromatic carbocycles. The highest BCUT2D eigenvalue weighted by Gasteiger charge is 2.39. The molecule has 0 radical (unpaired) electrons. The van der Waals surface area contributed by atoms with E-state index >= 15 is 0 Å². The summed E-state index contributed by atoms with van der Waals surface area (Å²) in [5.41, 5.74) is 0.478. The maximum atomic E-state index is 12.6. The van der Waals surface area contributed by atoms with Gasteiger partial charge in [0.1, 0.15) is 11.4 Å². The number of carbonyl (C=O) groups is 1. The average Bonchev–Trinajstić information content (AvgIpc) is 3.15. The van der Waals surface area contributed by atoms with Crippen molar-refractivity contribution >= 4 is 33.4 Å². The topological polar surface area (TPSA) is 58.2 Å². The third kappa shape index (κ3) is 3.67. The highest BCUT2D eigenvalue weighted by molar-refractivity contribution is 9.11. The molecule has 1 aliphatic rings. The van der Waals surface area contributed by atoms with E-state index in [-0.39, 0.29) is 18.2 Å². The number of amides is 1. The quantitative estimate of drug-likeness (QED) is 0.722. The molecule has 5 nitrogen and oxygen atoms in total. The van der Waals surface area contributed by atoms with Crippen molar-refractivity contribution in [3.8, 4) is 10.6 Å². The molecule has 0 bridgehead atoms. The lowest BCUT2D eigenvalue weighted by atomic mass is 10.2. The Morgan fingerprint density at radius 3 is 2.79 bits per heavy atom. The normalized spacial score (nSPS) is 21.3. The molecular formula is C17H22BrN3O2S. The van der Waals surface area contributed by atoms with Gasteiger partial charge in [-0.25, -0.2) is 9.78 Å². The number of thiophene rings is 1. The minimum atomic E-state index is -0.498. The van der Waals surface area contributed by atoms with Crippen LogP contribution in [-0.2, 0) is 4.74 Å². The first kappa shape index (κ1) is 17.5. The van der Waals surface area contributed by atoms with E-state index in [9.17, 15) is 4.79 Å². The SMILES string of the molecule is CC1CCC(c2ncc(-c3ccc(Br)s3)[nH]2)N1C(=O)OC(C)(C)C. The van der Waals surface area contributed by atoms with Gasteiger partial charge >= 0.3 is 6.09 Å². The number of H-pyrrole nitrogens is 1. The van der Waals surface area contributed by atoms with Gasteiger partial charge in [0.05, 0.1) is 26.6 Å². The smallest absolute Gasteiger partial charge is 0.411 e. The lowest BCUT2D eigenvalue weighted by Crippen LogP contribution is -2.40. The van der Waals surface area contributed by atoms with Gasteiger partial charge in [-0.2, -0.15) is 0 Å². The van der Waals surface area contributed by atoms with Crippen LogP contribution in [0.3, 0.4) is 0 Å². The first-order valence-electron chi connectivity index (χ1n) is 8.06. The van der Waals surface area contributed by atoms with Gasteiger partial charge in [0.2, 0.25) is 0 Å². The van der Waals surface area contributed by atoms with Gasteiger partial charge in [0.25, 0.3) is 0 Å². The molecule has 1 N–H and O–H groups in total. The number of hydrogen-bond acceptors (Lipinski definition) is 4. The van der Waals surface area contributed by atoms with Gasteiger partial charge < -0.3 is 9.72 Å². The van der Waals surface area contributed by atoms with E-state index in [0.717, 1.165) is 33.0 Å². The Morgan fingerprint density at radius 2 is 2.17 bits per heavy atom. The summed E-state index contributed by atoms with van der Waals surface area (Å²) in [6.45, 7) is 7.73. The van der Waals surface area contributed by atoms with Crippen molar-refractivity contribution in [2.45, 2.75) is 58.2 Å². The summed E-state index contributed by atoms with van der Waals surface area (Å²) < 4.78 is 6.66. The van der Waals surface area contributed by atoms with Crippen molar-refractivity contribution in [2.75, 3.05) is 0 Å². The largest absolute Gasteiger partial charge is 0.444 e. The zero-order valence-electron chi connectivity index (χ0n) is 14.3. The molecule has 2 atom stereocenters. The maximum absolute atomic E-state index is 12.6. The van der Waals surface area contributed by atoms with E-state index in [1.165, 1.54) is 0 Å². The van der Waals surface area contributed by atoms with Crippen molar-refractivity contribution in [3.05, 3.63) is 27.9 Å². The van der Waals surface area contributed by atoms with Crippen LogP contribution in [-0.4, -0.2) is 32.6 Å². The lowest BCUT2D eigenvalue weighted by molar-refractivity contribution is 0.0152. The molecule has 3 rings (SSSR count). The second-order valence-corrected chi connectivity index (χ2v) is 9.58. The van der Waals surface area contributed by atoms with Crippen molar-refractivity contribution in [3.63, 3.8) is 0 Å². The fourth-order valence-corrected chi connectivity index (χ4v) is 4.32. The number of likely N-dealkylation sites (tertiary alicyclic amines) is 1. The number of nitrogens with zero attached hydrogens (tertiary/aromatic N) is 2. The third-order valence-corrected chi connectivity index (χ3v) is 5.68. The Bertz CT molecular complexity index is 734. The van der Waals surface area contributed by atoms with Gasteiger partial charge in [0, 0.05) is 6.04 Å². The van der Waals surface area contributed by atoms with Crippen LogP contribution < -0.4 is 0 Å². The van der Waals surface area contributed by atoms with Crippen molar-refractivity contribution < 1.29 is 9.53 Å². The molecule has 2 aromatic rings. The molecule has 0 spiro atoms. The van der Waals surface area contributed by atoms with Crippen LogP contribution in [0.2, 0.25) is 0 Å². The summed E-state index contributed by atoms with van der Waals surface area (Å²) in [5.74, 6) is 0.824. The summed E-state index contributed by atoms with van der Waals surface area (Å²) in [6, 6.07) is 4.15. The van der Waals surface area contributed by atoms with Crippen LogP contribution in [0.25, 0.3) is 10.6 Å². The number of imidazole rings is 1. The number of nitrogens with one attached hydrogen (secondary N) is 1. The summed E-state index contributed by atoms with van der Waals surface area (Å²) in [6.07, 6.45) is 3.41. The third-order valence-electron chi connectivity index (χ3n) is 4.02. The van der Waals surface area contributed by atoms with Crippen LogP contribution in [0, 0.1) is 0 Å². The first-order valence-corrected chi connectivity index (χ1v) is 9.67. The molecule has 0 saturated carbocycles. The summed E-state index contributed by atoms with van der Waals surface area (Å²) in [5, 5.41) is 0. The van der Waals surface area contributed by atoms with Gasteiger partial charge in [-0.05, 0) is 68.6 Å². The van der Waals surface area contributed by atoms with Gasteiger partial charge in [-0.1, -0.05) is 0 Å². The zero-order valence-corrected chi connectivity index (χ0v) is 16.7. The van der Waals surface area contributed by atoms with E-state index in [4.69, 9.17) is 4.74 Å². The molecule has 3 heterocycles. The van der Waals surface area contributed by atoms with Gasteiger partial charge in [-0.15, -0.1) is 11.3 Å². The Kier molecular flexibility index (Phi) is 4.75. The van der Waals surface area contributed by atoms with Crippen LogP contribution in [0.15, 0.2) is 22.1 Å². The maximum Gasteiger partial charge on any atom is 0.411 e. The molecule has 1 saturated heterocycles. The molecule has 1 fully saturated rings. The predicted molar refractivity (Wildman–Crippen MR) is 99.1 cm³/mol. The van der Waals surface area contributed by atoms with Crippen LogP contribution in [0.1, 0.15) is 52.4 Å². The van der Waals surface area contributed by atoms with E-state index in [1.807, 2.05) is 37.9 Å². The number of halogens is 1. The Hall–Kier alpha value is -1.34. The number of ether oxygens (including phenoxy) is 1. The van der Waals surface area contributed by atoms with Crippen molar-refractivity contribution in [1.29, 1.82) is 0 Å². The van der Waals surface area contributed by atoms with Crippen molar-refractivity contribution in [2.24, 2.45) is 0 Å². The number of hydrogen-bond donors (Lipinski definition) is 1. The van der Waals surface area contributed by atoms with Crippen molar-refractivity contribution in [1.82, 2.24) is 14.9 Å². The second-order valence-electron chi connectivity index (χ2n) is 7.12. The molecule has 2 aromatic heterocycles. The molecule has 130 valence electrons. The fourth-order valence-electron chi connectivity index (χ4n) is 2.96. The minimum Gasteiger partial charge on any atom is -0.444 e. The van der Waals surface area contributed by atoms with Gasteiger partial charge in [0.15, 0.2) is 0 Å². The Morgan fingerprint density at radius 1 is 1.42 bits per heavy atom. The van der Waals surface area contributed by atoms with Crippen LogP contribution in [0.5, 0.6) is 0 Å². The minimum absolute atomic E-state index is 0.0630. The zero-order chi connectivity index (χ0) is 17.5. The van der Waals surface area contributed by atoms with E-state index in [2.05, 4.69) is 38.9 Å². The first-order chi connectivity index (χ1) is 11.2. The lowest BCUT2D eigenvalue weighted by Gasteiger charge is -2.30. The van der Waals surface area contributed by atoms with Crippen LogP contribution >= 0.6 is 27.3 Å². The summed E-state index contributed by atoms with van der Waals surface area (Å²) in [7, 11) is 0. The molecular weight excluding hydrogens is 390 g/mol. The predicted octanol–water partition coefficient (Wildman–Crippen LogP) is 5.36. The molecule has 0 aliphatic carbocycles. The molecule has 1 aliphatic heterocycles. The molecule has 7 heteroatoms. The number of rotatable bonds is 2.